The monoisotopic (exact) mass is 260 g/mol. The van der Waals surface area contributed by atoms with Crippen LogP contribution in [0.15, 0.2) is 29.7 Å². The van der Waals surface area contributed by atoms with Crippen molar-refractivity contribution in [2.24, 2.45) is 0 Å². The lowest BCUT2D eigenvalue weighted by atomic mass is 10.3. The Balaban J connectivity index is 2.06. The third-order valence-electron chi connectivity index (χ3n) is 2.81. The molecular formula is C12H12N4OS. The summed E-state index contributed by atoms with van der Waals surface area (Å²) < 4.78 is 0. The number of hydrogen-bond donors (Lipinski definition) is 1. The van der Waals surface area contributed by atoms with Crippen LogP contribution < -0.4 is 4.90 Å². The quantitative estimate of drug-likeness (QED) is 0.894. The standard InChI is InChI=1S/C12H12N4OS/c1-8(17)10-6-16(4-5-18-10)12-9-2-3-13-11(9)14-7-15-12/h2-3,6-7H,4-5H2,1H3,(H,13,14,15). The van der Waals surface area contributed by atoms with Gasteiger partial charge in [-0.15, -0.1) is 11.8 Å². The summed E-state index contributed by atoms with van der Waals surface area (Å²) in [6.45, 7) is 2.44. The first-order chi connectivity index (χ1) is 8.75. The summed E-state index contributed by atoms with van der Waals surface area (Å²) in [6, 6.07) is 1.95. The van der Waals surface area contributed by atoms with Gasteiger partial charge in [0.25, 0.3) is 0 Å². The van der Waals surface area contributed by atoms with Crippen LogP contribution in [0.2, 0.25) is 0 Å². The Hall–Kier alpha value is -1.82. The molecule has 5 nitrogen and oxygen atoms in total. The van der Waals surface area contributed by atoms with Gasteiger partial charge in [0.1, 0.15) is 17.8 Å². The zero-order chi connectivity index (χ0) is 12.5. The number of carbonyl (C=O) groups is 1. The van der Waals surface area contributed by atoms with Crippen molar-refractivity contribution in [2.45, 2.75) is 6.92 Å². The SMILES string of the molecule is CC(=O)C1=CN(c2ncnc3[nH]ccc23)CCS1. The van der Waals surface area contributed by atoms with E-state index in [1.165, 1.54) is 6.33 Å². The molecule has 0 saturated heterocycles. The van der Waals surface area contributed by atoms with Crippen molar-refractivity contribution in [3.8, 4) is 0 Å². The maximum atomic E-state index is 11.4. The fourth-order valence-corrected chi connectivity index (χ4v) is 2.86. The van der Waals surface area contributed by atoms with Gasteiger partial charge in [-0.1, -0.05) is 0 Å². The first-order valence-electron chi connectivity index (χ1n) is 5.66. The summed E-state index contributed by atoms with van der Waals surface area (Å²) >= 11 is 1.60. The molecule has 3 rings (SSSR count). The first-order valence-corrected chi connectivity index (χ1v) is 6.64. The fraction of sp³-hybridized carbons (Fsp3) is 0.250. The Morgan fingerprint density at radius 1 is 1.50 bits per heavy atom. The van der Waals surface area contributed by atoms with Gasteiger partial charge in [0.15, 0.2) is 5.78 Å². The van der Waals surface area contributed by atoms with Crippen molar-refractivity contribution < 1.29 is 4.79 Å². The van der Waals surface area contributed by atoms with Crippen LogP contribution in [0.3, 0.4) is 0 Å². The van der Waals surface area contributed by atoms with E-state index >= 15 is 0 Å². The van der Waals surface area contributed by atoms with E-state index < -0.39 is 0 Å². The van der Waals surface area contributed by atoms with Crippen molar-refractivity contribution in [1.29, 1.82) is 0 Å². The van der Waals surface area contributed by atoms with Crippen LogP contribution >= 0.6 is 11.8 Å². The Labute approximate surface area is 108 Å². The molecule has 0 saturated carbocycles. The molecule has 1 N–H and O–H groups in total. The van der Waals surface area contributed by atoms with Crippen LogP contribution in [0.4, 0.5) is 5.82 Å². The topological polar surface area (TPSA) is 61.9 Å². The Morgan fingerprint density at radius 3 is 3.22 bits per heavy atom. The predicted octanol–water partition coefficient (Wildman–Crippen LogP) is 1.94. The van der Waals surface area contributed by atoms with E-state index in [1.54, 1.807) is 18.7 Å². The van der Waals surface area contributed by atoms with Crippen molar-refractivity contribution in [2.75, 3.05) is 17.2 Å². The van der Waals surface area contributed by atoms with Crippen LogP contribution in [0.5, 0.6) is 0 Å². The van der Waals surface area contributed by atoms with Crippen molar-refractivity contribution in [1.82, 2.24) is 15.0 Å². The van der Waals surface area contributed by atoms with Crippen LogP contribution in [-0.4, -0.2) is 33.0 Å². The van der Waals surface area contributed by atoms with Gasteiger partial charge in [0.2, 0.25) is 0 Å². The number of nitrogens with zero attached hydrogens (tertiary/aromatic N) is 3. The predicted molar refractivity (Wildman–Crippen MR) is 72.5 cm³/mol. The number of aromatic nitrogens is 3. The largest absolute Gasteiger partial charge is 0.346 e. The Kier molecular flexibility index (Phi) is 2.79. The molecule has 0 spiro atoms. The average molecular weight is 260 g/mol. The van der Waals surface area contributed by atoms with E-state index in [0.717, 1.165) is 34.1 Å². The van der Waals surface area contributed by atoms with Crippen molar-refractivity contribution >= 4 is 34.4 Å². The van der Waals surface area contributed by atoms with E-state index in [4.69, 9.17) is 0 Å². The second kappa shape index (κ2) is 4.45. The molecule has 92 valence electrons. The third kappa shape index (κ3) is 1.88. The molecule has 0 aromatic carbocycles. The minimum atomic E-state index is 0.101. The summed E-state index contributed by atoms with van der Waals surface area (Å²) in [5, 5.41) is 0.976. The number of allylic oxidation sites excluding steroid dienone is 1. The molecule has 1 aliphatic heterocycles. The van der Waals surface area contributed by atoms with Crippen molar-refractivity contribution in [3.63, 3.8) is 0 Å². The maximum absolute atomic E-state index is 11.4. The minimum Gasteiger partial charge on any atom is -0.346 e. The molecule has 0 aliphatic carbocycles. The average Bonchev–Trinajstić information content (AvgIpc) is 2.87. The lowest BCUT2D eigenvalue weighted by Crippen LogP contribution is -2.25. The Bertz CT molecular complexity index is 634. The molecule has 2 aromatic heterocycles. The van der Waals surface area contributed by atoms with E-state index in [-0.39, 0.29) is 5.78 Å². The first kappa shape index (κ1) is 11.3. The Morgan fingerprint density at radius 2 is 2.39 bits per heavy atom. The highest BCUT2D eigenvalue weighted by Gasteiger charge is 2.18. The number of carbonyl (C=O) groups excluding carboxylic acids is 1. The normalized spacial score (nSPS) is 15.8. The molecule has 1 aliphatic rings. The van der Waals surface area contributed by atoms with Crippen LogP contribution in [0, 0.1) is 0 Å². The smallest absolute Gasteiger partial charge is 0.167 e. The molecule has 0 unspecified atom stereocenters. The number of H-pyrrole nitrogens is 1. The van der Waals surface area contributed by atoms with Gasteiger partial charge in [-0.25, -0.2) is 9.97 Å². The molecule has 18 heavy (non-hydrogen) atoms. The maximum Gasteiger partial charge on any atom is 0.167 e. The van der Waals surface area contributed by atoms with Crippen LogP contribution in [0.25, 0.3) is 11.0 Å². The summed E-state index contributed by atoms with van der Waals surface area (Å²) in [4.78, 5) is 25.8. The van der Waals surface area contributed by atoms with Crippen LogP contribution in [0.1, 0.15) is 6.92 Å². The number of rotatable bonds is 2. The summed E-state index contributed by atoms with van der Waals surface area (Å²) in [5.41, 5.74) is 0.816. The lowest BCUT2D eigenvalue weighted by Gasteiger charge is -2.24. The molecule has 0 atom stereocenters. The zero-order valence-electron chi connectivity index (χ0n) is 9.88. The number of nitrogens with one attached hydrogen (secondary N) is 1. The zero-order valence-corrected chi connectivity index (χ0v) is 10.7. The van der Waals surface area contributed by atoms with Gasteiger partial charge in [-0.05, 0) is 13.0 Å². The highest BCUT2D eigenvalue weighted by Crippen LogP contribution is 2.28. The van der Waals surface area contributed by atoms with E-state index in [0.29, 0.717) is 0 Å². The molecule has 3 heterocycles. The van der Waals surface area contributed by atoms with Gasteiger partial charge in [0.05, 0.1) is 10.3 Å². The van der Waals surface area contributed by atoms with Gasteiger partial charge in [-0.3, -0.25) is 4.79 Å². The van der Waals surface area contributed by atoms with Gasteiger partial charge in [0, 0.05) is 24.7 Å². The minimum absolute atomic E-state index is 0.101. The lowest BCUT2D eigenvalue weighted by molar-refractivity contribution is -0.112. The number of fused-ring (bicyclic) bond motifs is 1. The molecule has 0 amide bonds. The van der Waals surface area contributed by atoms with Gasteiger partial charge in [-0.2, -0.15) is 0 Å². The van der Waals surface area contributed by atoms with Gasteiger partial charge >= 0.3 is 0 Å². The molecule has 0 fully saturated rings. The van der Waals surface area contributed by atoms with E-state index in [2.05, 4.69) is 15.0 Å². The van der Waals surface area contributed by atoms with Crippen molar-refractivity contribution in [3.05, 3.63) is 29.7 Å². The fourth-order valence-electron chi connectivity index (χ4n) is 1.94. The summed E-state index contributed by atoms with van der Waals surface area (Å²) in [7, 11) is 0. The molecule has 0 bridgehead atoms. The highest BCUT2D eigenvalue weighted by molar-refractivity contribution is 8.04. The number of thioether (sulfide) groups is 1. The molecule has 6 heteroatoms. The molecular weight excluding hydrogens is 248 g/mol. The van der Waals surface area contributed by atoms with E-state index in [9.17, 15) is 4.79 Å². The second-order valence-corrected chi connectivity index (χ2v) is 5.17. The van der Waals surface area contributed by atoms with Crippen LogP contribution in [-0.2, 0) is 4.79 Å². The second-order valence-electron chi connectivity index (χ2n) is 4.03. The third-order valence-corrected chi connectivity index (χ3v) is 3.91. The summed E-state index contributed by atoms with van der Waals surface area (Å²) in [6.07, 6.45) is 5.26. The number of aromatic amines is 1. The number of anilines is 1. The highest BCUT2D eigenvalue weighted by atomic mass is 32.2. The summed E-state index contributed by atoms with van der Waals surface area (Å²) in [5.74, 6) is 1.84. The number of ketones is 1. The molecule has 2 aromatic rings. The number of hydrogen-bond acceptors (Lipinski definition) is 5. The number of Topliss-reactive ketones (excluding diaryl/α,β-unsaturated/α-hetero) is 1. The van der Waals surface area contributed by atoms with E-state index in [1.807, 2.05) is 23.4 Å². The van der Waals surface area contributed by atoms with Gasteiger partial charge < -0.3 is 9.88 Å². The molecule has 0 radical (unpaired) electrons.